The molecule has 2 fully saturated rings. The molecule has 7 heteroatoms. The molecule has 1 saturated carbocycles. The predicted octanol–water partition coefficient (Wildman–Crippen LogP) is 1.70. The molecule has 2 N–H and O–H groups in total. The van der Waals surface area contributed by atoms with Crippen molar-refractivity contribution in [2.45, 2.75) is 50.6 Å². The third kappa shape index (κ3) is 4.04. The van der Waals surface area contributed by atoms with Gasteiger partial charge in [0, 0.05) is 39.1 Å². The molecule has 0 radical (unpaired) electrons. The van der Waals surface area contributed by atoms with Crippen molar-refractivity contribution >= 4 is 22.8 Å². The van der Waals surface area contributed by atoms with E-state index in [0.717, 1.165) is 36.2 Å². The molecule has 2 amide bonds. The molecule has 1 atom stereocenters. The molecule has 1 aliphatic carbocycles. The van der Waals surface area contributed by atoms with Crippen LogP contribution in [0.4, 0.5) is 0 Å². The molecule has 0 bridgehead atoms. The Hall–Kier alpha value is -2.41. The second-order valence-electron chi connectivity index (χ2n) is 7.95. The number of hydrogen-bond donors (Lipinski definition) is 2. The standard InChI is InChI=1S/C21H29N5O2/c1-25(12-10-19-23-16-8-4-5-9-17(16)24-19)20(27)14-18-21(28)22-11-13-26(18)15-6-2-3-7-15/h4-5,8-9,15,18H,2-3,6-7,10-14H2,1H3,(H,22,28)(H,23,24). The van der Waals surface area contributed by atoms with E-state index in [0.29, 0.717) is 25.6 Å². The van der Waals surface area contributed by atoms with Gasteiger partial charge in [-0.25, -0.2) is 4.98 Å². The second-order valence-corrected chi connectivity index (χ2v) is 7.95. The van der Waals surface area contributed by atoms with Crippen molar-refractivity contribution in [2.24, 2.45) is 0 Å². The van der Waals surface area contributed by atoms with Gasteiger partial charge >= 0.3 is 0 Å². The number of para-hydroxylation sites is 2. The van der Waals surface area contributed by atoms with Crippen LogP contribution in [0.3, 0.4) is 0 Å². The summed E-state index contributed by atoms with van der Waals surface area (Å²) in [5, 5.41) is 2.94. The first-order chi connectivity index (χ1) is 13.6. The quantitative estimate of drug-likeness (QED) is 0.796. The van der Waals surface area contributed by atoms with Crippen molar-refractivity contribution < 1.29 is 9.59 Å². The summed E-state index contributed by atoms with van der Waals surface area (Å²) in [6.45, 7) is 2.11. The van der Waals surface area contributed by atoms with Crippen molar-refractivity contribution in [1.82, 2.24) is 25.1 Å². The Morgan fingerprint density at radius 2 is 2.07 bits per heavy atom. The van der Waals surface area contributed by atoms with Crippen LogP contribution in [0.15, 0.2) is 24.3 Å². The van der Waals surface area contributed by atoms with Gasteiger partial charge in [-0.15, -0.1) is 0 Å². The van der Waals surface area contributed by atoms with E-state index in [9.17, 15) is 9.59 Å². The van der Waals surface area contributed by atoms with Gasteiger partial charge in [0.1, 0.15) is 5.82 Å². The van der Waals surface area contributed by atoms with E-state index in [-0.39, 0.29) is 24.3 Å². The van der Waals surface area contributed by atoms with Gasteiger partial charge in [-0.05, 0) is 25.0 Å². The first-order valence-corrected chi connectivity index (χ1v) is 10.3. The molecule has 1 aromatic heterocycles. The summed E-state index contributed by atoms with van der Waals surface area (Å²) in [6.07, 6.45) is 5.64. The smallest absolute Gasteiger partial charge is 0.237 e. The Morgan fingerprint density at radius 3 is 2.86 bits per heavy atom. The number of rotatable bonds is 6. The lowest BCUT2D eigenvalue weighted by molar-refractivity contribution is -0.139. The molecule has 2 aromatic rings. The number of H-pyrrole nitrogens is 1. The van der Waals surface area contributed by atoms with E-state index in [4.69, 9.17) is 0 Å². The van der Waals surface area contributed by atoms with Crippen LogP contribution in [0, 0.1) is 0 Å². The Morgan fingerprint density at radius 1 is 1.29 bits per heavy atom. The molecule has 4 rings (SSSR count). The summed E-state index contributed by atoms with van der Waals surface area (Å²) in [7, 11) is 1.81. The Kier molecular flexibility index (Phi) is 5.62. The highest BCUT2D eigenvalue weighted by molar-refractivity contribution is 5.88. The highest BCUT2D eigenvalue weighted by atomic mass is 16.2. The van der Waals surface area contributed by atoms with Crippen LogP contribution in [0.2, 0.25) is 0 Å². The molecule has 1 aromatic carbocycles. The molecule has 1 saturated heterocycles. The predicted molar refractivity (Wildman–Crippen MR) is 108 cm³/mol. The summed E-state index contributed by atoms with van der Waals surface area (Å²) in [5.41, 5.74) is 1.95. The maximum Gasteiger partial charge on any atom is 0.237 e. The average Bonchev–Trinajstić information content (AvgIpc) is 3.37. The fraction of sp³-hybridized carbons (Fsp3) is 0.571. The van der Waals surface area contributed by atoms with E-state index >= 15 is 0 Å². The number of piperazine rings is 1. The van der Waals surface area contributed by atoms with Crippen LogP contribution in [0.5, 0.6) is 0 Å². The molecule has 0 spiro atoms. The van der Waals surface area contributed by atoms with E-state index in [1.807, 2.05) is 31.3 Å². The van der Waals surface area contributed by atoms with Gasteiger partial charge in [-0.1, -0.05) is 25.0 Å². The number of amides is 2. The molecule has 1 aliphatic heterocycles. The fourth-order valence-corrected chi connectivity index (χ4v) is 4.46. The van der Waals surface area contributed by atoms with Crippen LogP contribution in [0.1, 0.15) is 37.9 Å². The highest BCUT2D eigenvalue weighted by Gasteiger charge is 2.37. The zero-order valence-corrected chi connectivity index (χ0v) is 16.5. The first kappa shape index (κ1) is 18.9. The summed E-state index contributed by atoms with van der Waals surface area (Å²) < 4.78 is 0. The maximum atomic E-state index is 12.8. The minimum Gasteiger partial charge on any atom is -0.353 e. The third-order valence-electron chi connectivity index (χ3n) is 6.08. The molecule has 1 unspecified atom stereocenters. The van der Waals surface area contributed by atoms with Gasteiger partial charge in [0.05, 0.1) is 23.5 Å². The molecule has 2 aliphatic rings. The zero-order chi connectivity index (χ0) is 19.5. The SMILES string of the molecule is CN(CCc1nc2ccccc2[nH]1)C(=O)CC1C(=O)NCCN1C1CCCC1. The second kappa shape index (κ2) is 8.31. The lowest BCUT2D eigenvalue weighted by Gasteiger charge is -2.39. The minimum absolute atomic E-state index is 0.00261. The van der Waals surface area contributed by atoms with Gasteiger partial charge in [0.15, 0.2) is 0 Å². The number of benzene rings is 1. The zero-order valence-electron chi connectivity index (χ0n) is 16.5. The highest BCUT2D eigenvalue weighted by Crippen LogP contribution is 2.27. The number of fused-ring (bicyclic) bond motifs is 1. The monoisotopic (exact) mass is 383 g/mol. The van der Waals surface area contributed by atoms with Crippen molar-refractivity contribution in [3.05, 3.63) is 30.1 Å². The maximum absolute atomic E-state index is 12.8. The lowest BCUT2D eigenvalue weighted by Crippen LogP contribution is -2.59. The average molecular weight is 383 g/mol. The van der Waals surface area contributed by atoms with Gasteiger partial charge in [0.25, 0.3) is 0 Å². The number of aromatic nitrogens is 2. The summed E-state index contributed by atoms with van der Waals surface area (Å²) in [6, 6.07) is 8.03. The minimum atomic E-state index is -0.335. The van der Waals surface area contributed by atoms with Crippen molar-refractivity contribution in [3.63, 3.8) is 0 Å². The van der Waals surface area contributed by atoms with Crippen molar-refractivity contribution in [3.8, 4) is 0 Å². The number of likely N-dealkylation sites (N-methyl/N-ethyl adjacent to an activating group) is 1. The number of hydrogen-bond acceptors (Lipinski definition) is 4. The van der Waals surface area contributed by atoms with E-state index in [1.165, 1.54) is 12.8 Å². The van der Waals surface area contributed by atoms with Gasteiger partial charge in [0.2, 0.25) is 11.8 Å². The number of carbonyl (C=O) groups excluding carboxylic acids is 2. The summed E-state index contributed by atoms with van der Waals surface area (Å²) >= 11 is 0. The number of aromatic amines is 1. The fourth-order valence-electron chi connectivity index (χ4n) is 4.46. The molecular weight excluding hydrogens is 354 g/mol. The number of nitrogens with zero attached hydrogens (tertiary/aromatic N) is 3. The van der Waals surface area contributed by atoms with Crippen LogP contribution >= 0.6 is 0 Å². The van der Waals surface area contributed by atoms with Crippen LogP contribution in [0.25, 0.3) is 11.0 Å². The van der Waals surface area contributed by atoms with Crippen LogP contribution < -0.4 is 5.32 Å². The molecule has 28 heavy (non-hydrogen) atoms. The largest absolute Gasteiger partial charge is 0.353 e. The topological polar surface area (TPSA) is 81.3 Å². The van der Waals surface area contributed by atoms with Crippen molar-refractivity contribution in [2.75, 3.05) is 26.7 Å². The van der Waals surface area contributed by atoms with Gasteiger partial charge < -0.3 is 15.2 Å². The Balaban J connectivity index is 1.35. The first-order valence-electron chi connectivity index (χ1n) is 10.3. The molecule has 7 nitrogen and oxygen atoms in total. The number of carbonyl (C=O) groups is 2. The number of nitrogens with one attached hydrogen (secondary N) is 2. The van der Waals surface area contributed by atoms with Crippen molar-refractivity contribution in [1.29, 1.82) is 0 Å². The van der Waals surface area contributed by atoms with E-state index in [2.05, 4.69) is 20.2 Å². The molecular formula is C21H29N5O2. The Bertz CT molecular complexity index is 809. The van der Waals surface area contributed by atoms with E-state index in [1.54, 1.807) is 4.90 Å². The Labute approximate surface area is 165 Å². The lowest BCUT2D eigenvalue weighted by atomic mass is 10.0. The third-order valence-corrected chi connectivity index (χ3v) is 6.08. The van der Waals surface area contributed by atoms with Gasteiger partial charge in [-0.2, -0.15) is 0 Å². The van der Waals surface area contributed by atoms with Gasteiger partial charge in [-0.3, -0.25) is 14.5 Å². The molecule has 150 valence electrons. The molecule has 2 heterocycles. The van der Waals surface area contributed by atoms with Crippen LogP contribution in [-0.4, -0.2) is 70.3 Å². The summed E-state index contributed by atoms with van der Waals surface area (Å²) in [5.74, 6) is 0.891. The summed E-state index contributed by atoms with van der Waals surface area (Å²) in [4.78, 5) is 37.1. The number of imidazole rings is 1. The van der Waals surface area contributed by atoms with E-state index < -0.39 is 0 Å². The van der Waals surface area contributed by atoms with Crippen LogP contribution in [-0.2, 0) is 16.0 Å². The normalized spacial score (nSPS) is 21.2.